The van der Waals surface area contributed by atoms with Crippen LogP contribution >= 0.6 is 10.7 Å². The number of fused-ring (bicyclic) bond motifs is 2. The second kappa shape index (κ2) is 2.67. The van der Waals surface area contributed by atoms with Crippen molar-refractivity contribution in [2.45, 2.75) is 45.3 Å². The standard InChI is InChI=1S/C10H17ClO2S/c1-9(2)7-4-5-10(9,3)8(6-7)14(11,12)13/h7-8H,4-6H2,1-3H3. The smallest absolute Gasteiger partial charge is 0.212 e. The molecule has 0 amide bonds. The molecule has 0 spiro atoms. The minimum atomic E-state index is -3.39. The first-order valence-electron chi connectivity index (χ1n) is 5.13. The average Bonchev–Trinajstić information content (AvgIpc) is 2.32. The predicted molar refractivity (Wildman–Crippen MR) is 57.8 cm³/mol. The average molecular weight is 237 g/mol. The summed E-state index contributed by atoms with van der Waals surface area (Å²) >= 11 is 0. The molecule has 0 aromatic rings. The van der Waals surface area contributed by atoms with Gasteiger partial charge in [-0.1, -0.05) is 20.8 Å². The summed E-state index contributed by atoms with van der Waals surface area (Å²) in [6.07, 6.45) is 2.92. The van der Waals surface area contributed by atoms with Crippen LogP contribution in [-0.2, 0) is 9.05 Å². The number of hydrogen-bond donors (Lipinski definition) is 0. The lowest BCUT2D eigenvalue weighted by Crippen LogP contribution is -2.38. The molecule has 14 heavy (non-hydrogen) atoms. The van der Waals surface area contributed by atoms with Gasteiger partial charge in [0.15, 0.2) is 0 Å². The highest BCUT2D eigenvalue weighted by atomic mass is 35.7. The SMILES string of the molecule is CC1(C)C2CCC1(C)C(S(=O)(=O)Cl)C2. The largest absolute Gasteiger partial charge is 0.236 e. The van der Waals surface area contributed by atoms with Crippen molar-refractivity contribution < 1.29 is 8.42 Å². The maximum atomic E-state index is 11.5. The molecule has 4 heteroatoms. The van der Waals surface area contributed by atoms with Crippen molar-refractivity contribution in [3.8, 4) is 0 Å². The van der Waals surface area contributed by atoms with Gasteiger partial charge in [0.05, 0.1) is 5.25 Å². The molecule has 0 aromatic carbocycles. The van der Waals surface area contributed by atoms with E-state index in [1.807, 2.05) is 0 Å². The molecular formula is C10H17ClO2S. The van der Waals surface area contributed by atoms with E-state index in [4.69, 9.17) is 10.7 Å². The highest BCUT2D eigenvalue weighted by molar-refractivity contribution is 8.14. The quantitative estimate of drug-likeness (QED) is 0.656. The summed E-state index contributed by atoms with van der Waals surface area (Å²) in [5.41, 5.74) is 0.0118. The minimum Gasteiger partial charge on any atom is -0.212 e. The van der Waals surface area contributed by atoms with Gasteiger partial charge in [0.1, 0.15) is 0 Å². The monoisotopic (exact) mass is 236 g/mol. The third-order valence-corrected chi connectivity index (χ3v) is 7.09. The maximum absolute atomic E-state index is 11.5. The van der Waals surface area contributed by atoms with Crippen LogP contribution in [-0.4, -0.2) is 13.7 Å². The molecule has 0 aliphatic heterocycles. The van der Waals surface area contributed by atoms with Crippen LogP contribution in [0.4, 0.5) is 0 Å². The Hall–Kier alpha value is 0.240. The van der Waals surface area contributed by atoms with Crippen LogP contribution in [0.5, 0.6) is 0 Å². The van der Waals surface area contributed by atoms with Crippen LogP contribution in [0.1, 0.15) is 40.0 Å². The highest BCUT2D eigenvalue weighted by Gasteiger charge is 2.64. The third kappa shape index (κ3) is 1.12. The number of rotatable bonds is 1. The zero-order valence-corrected chi connectivity index (χ0v) is 10.5. The van der Waals surface area contributed by atoms with Gasteiger partial charge in [-0.2, -0.15) is 0 Å². The number of halogens is 1. The fraction of sp³-hybridized carbons (Fsp3) is 1.00. The molecule has 0 saturated heterocycles. The molecule has 0 radical (unpaired) electrons. The van der Waals surface area contributed by atoms with E-state index in [0.717, 1.165) is 19.3 Å². The van der Waals surface area contributed by atoms with E-state index >= 15 is 0 Å². The minimum absolute atomic E-state index is 0.113. The summed E-state index contributed by atoms with van der Waals surface area (Å²) in [5.74, 6) is 0.533. The normalized spacial score (nSPS) is 45.7. The van der Waals surface area contributed by atoms with E-state index in [-0.39, 0.29) is 16.1 Å². The molecule has 2 aliphatic carbocycles. The lowest BCUT2D eigenvalue weighted by Gasteiger charge is -2.37. The highest BCUT2D eigenvalue weighted by Crippen LogP contribution is 2.67. The van der Waals surface area contributed by atoms with Crippen molar-refractivity contribution in [1.29, 1.82) is 0 Å². The molecule has 0 N–H and O–H groups in total. The molecule has 0 heterocycles. The van der Waals surface area contributed by atoms with Crippen LogP contribution in [0.3, 0.4) is 0 Å². The van der Waals surface area contributed by atoms with Gasteiger partial charge in [0.2, 0.25) is 9.05 Å². The van der Waals surface area contributed by atoms with Gasteiger partial charge in [-0.05, 0) is 36.0 Å². The molecule has 2 nitrogen and oxygen atoms in total. The van der Waals surface area contributed by atoms with Crippen molar-refractivity contribution in [2.75, 3.05) is 0 Å². The molecular weight excluding hydrogens is 220 g/mol. The van der Waals surface area contributed by atoms with Crippen LogP contribution in [0.25, 0.3) is 0 Å². The maximum Gasteiger partial charge on any atom is 0.236 e. The first-order chi connectivity index (χ1) is 6.19. The van der Waals surface area contributed by atoms with Crippen molar-refractivity contribution >= 4 is 19.7 Å². The van der Waals surface area contributed by atoms with Gasteiger partial charge in [0, 0.05) is 10.7 Å². The Bertz CT molecular complexity index is 360. The van der Waals surface area contributed by atoms with Crippen molar-refractivity contribution in [3.05, 3.63) is 0 Å². The molecule has 2 saturated carbocycles. The Kier molecular flexibility index (Phi) is 2.05. The molecule has 2 bridgehead atoms. The van der Waals surface area contributed by atoms with Crippen LogP contribution in [0.15, 0.2) is 0 Å². The number of hydrogen-bond acceptors (Lipinski definition) is 2. The summed E-state index contributed by atoms with van der Waals surface area (Å²) in [5, 5.41) is -0.328. The van der Waals surface area contributed by atoms with Gasteiger partial charge in [-0.15, -0.1) is 0 Å². The summed E-state index contributed by atoms with van der Waals surface area (Å²) in [6, 6.07) is 0. The van der Waals surface area contributed by atoms with Crippen LogP contribution < -0.4 is 0 Å². The van der Waals surface area contributed by atoms with Gasteiger partial charge in [-0.25, -0.2) is 8.42 Å². The summed E-state index contributed by atoms with van der Waals surface area (Å²) in [7, 11) is 2.13. The van der Waals surface area contributed by atoms with E-state index < -0.39 is 9.05 Å². The Labute approximate surface area is 90.4 Å². The molecule has 2 rings (SSSR count). The second-order valence-electron chi connectivity index (χ2n) is 5.57. The van der Waals surface area contributed by atoms with E-state index in [1.54, 1.807) is 0 Å². The van der Waals surface area contributed by atoms with Crippen LogP contribution in [0.2, 0.25) is 0 Å². The van der Waals surface area contributed by atoms with Gasteiger partial charge in [-0.3, -0.25) is 0 Å². The van der Waals surface area contributed by atoms with Crippen molar-refractivity contribution in [1.82, 2.24) is 0 Å². The Morgan fingerprint density at radius 2 is 1.86 bits per heavy atom. The van der Waals surface area contributed by atoms with E-state index in [2.05, 4.69) is 20.8 Å². The lowest BCUT2D eigenvalue weighted by atomic mass is 9.71. The first-order valence-corrected chi connectivity index (χ1v) is 7.50. The topological polar surface area (TPSA) is 34.1 Å². The summed E-state index contributed by atoms with van der Waals surface area (Å²) in [4.78, 5) is 0. The summed E-state index contributed by atoms with van der Waals surface area (Å²) < 4.78 is 23.0. The third-order valence-electron chi connectivity index (χ3n) is 5.05. The molecule has 2 aliphatic rings. The predicted octanol–water partition coefficient (Wildman–Crippen LogP) is 2.77. The molecule has 3 atom stereocenters. The Balaban J connectivity index is 2.47. The van der Waals surface area contributed by atoms with Gasteiger partial charge in [0.25, 0.3) is 0 Å². The van der Waals surface area contributed by atoms with Crippen molar-refractivity contribution in [2.24, 2.45) is 16.7 Å². The fourth-order valence-electron chi connectivity index (χ4n) is 3.56. The second-order valence-corrected chi connectivity index (χ2v) is 8.39. The molecule has 82 valence electrons. The van der Waals surface area contributed by atoms with E-state index in [1.165, 1.54) is 0 Å². The molecule has 0 aromatic heterocycles. The first kappa shape index (κ1) is 10.7. The molecule has 2 fully saturated rings. The zero-order valence-electron chi connectivity index (χ0n) is 8.88. The fourth-order valence-corrected chi connectivity index (χ4v) is 5.87. The molecule has 3 unspecified atom stereocenters. The van der Waals surface area contributed by atoms with E-state index in [0.29, 0.717) is 5.92 Å². The van der Waals surface area contributed by atoms with Gasteiger partial charge >= 0.3 is 0 Å². The Morgan fingerprint density at radius 3 is 2.07 bits per heavy atom. The lowest BCUT2D eigenvalue weighted by molar-refractivity contribution is 0.154. The van der Waals surface area contributed by atoms with Crippen molar-refractivity contribution in [3.63, 3.8) is 0 Å². The van der Waals surface area contributed by atoms with E-state index in [9.17, 15) is 8.42 Å². The zero-order chi connectivity index (χ0) is 10.8. The Morgan fingerprint density at radius 1 is 1.29 bits per heavy atom. The van der Waals surface area contributed by atoms with Gasteiger partial charge < -0.3 is 0 Å². The summed E-state index contributed by atoms with van der Waals surface area (Å²) in [6.45, 7) is 6.46. The van der Waals surface area contributed by atoms with Crippen LogP contribution in [0, 0.1) is 16.7 Å².